The van der Waals surface area contributed by atoms with Crippen molar-refractivity contribution < 1.29 is 33.4 Å². The summed E-state index contributed by atoms with van der Waals surface area (Å²) >= 11 is 6.78. The molecule has 1 unspecified atom stereocenters. The molecule has 4 rings (SSSR count). The molecule has 0 bridgehead atoms. The molecule has 42 heavy (non-hydrogen) atoms. The van der Waals surface area contributed by atoms with E-state index in [4.69, 9.17) is 31.1 Å². The predicted octanol–water partition coefficient (Wildman–Crippen LogP) is 3.37. The summed E-state index contributed by atoms with van der Waals surface area (Å²) in [4.78, 5) is 33.5. The molecule has 0 radical (unpaired) electrons. The van der Waals surface area contributed by atoms with Crippen molar-refractivity contribution in [2.45, 2.75) is 69.9 Å². The van der Waals surface area contributed by atoms with Gasteiger partial charge in [0.05, 0.1) is 12.9 Å². The third kappa shape index (κ3) is 6.48. The fraction of sp³-hybridized carbons (Fsp3) is 0.538. The topological polar surface area (TPSA) is 195 Å². The van der Waals surface area contributed by atoms with Gasteiger partial charge in [0.1, 0.15) is 28.9 Å². The van der Waals surface area contributed by atoms with Crippen LogP contribution in [0.25, 0.3) is 11.2 Å². The Balaban J connectivity index is 1.65. The number of H-pyrrole nitrogens is 1. The second kappa shape index (κ2) is 12.7. The largest absolute Gasteiger partial charge is 0.480 e. The fourth-order valence-electron chi connectivity index (χ4n) is 4.90. The minimum absolute atomic E-state index is 0.00489. The van der Waals surface area contributed by atoms with Crippen LogP contribution in [0.4, 0.5) is 5.95 Å². The molecule has 1 aromatic carbocycles. The van der Waals surface area contributed by atoms with Crippen molar-refractivity contribution >= 4 is 42.4 Å². The number of fused-ring (bicyclic) bond motifs is 1. The first-order valence-corrected chi connectivity index (χ1v) is 15.4. The van der Waals surface area contributed by atoms with Crippen LogP contribution in [-0.2, 0) is 18.6 Å². The van der Waals surface area contributed by atoms with Crippen LogP contribution in [0.3, 0.4) is 0 Å². The Morgan fingerprint density at radius 3 is 2.69 bits per heavy atom. The van der Waals surface area contributed by atoms with Gasteiger partial charge in [0.25, 0.3) is 5.56 Å². The summed E-state index contributed by atoms with van der Waals surface area (Å²) in [5.41, 5.74) is 5.24. The van der Waals surface area contributed by atoms with Crippen LogP contribution in [0.15, 0.2) is 41.5 Å². The number of aliphatic carboxylic acids is 1. The number of ether oxygens (including phenoxy) is 1. The lowest BCUT2D eigenvalue weighted by Gasteiger charge is -2.35. The number of hydrogen-bond acceptors (Lipinski definition) is 10. The average Bonchev–Trinajstić information content (AvgIpc) is 3.44. The minimum Gasteiger partial charge on any atom is -0.480 e. The van der Waals surface area contributed by atoms with Crippen LogP contribution >= 0.6 is 19.3 Å². The summed E-state index contributed by atoms with van der Waals surface area (Å²) in [6.07, 6.45) is -0.705. The van der Waals surface area contributed by atoms with E-state index in [1.165, 1.54) is 29.4 Å². The number of nitrogens with zero attached hydrogens (tertiary/aromatic N) is 4. The van der Waals surface area contributed by atoms with Crippen molar-refractivity contribution in [2.75, 3.05) is 18.9 Å². The number of nitrogen functional groups attached to an aromatic ring is 1. The summed E-state index contributed by atoms with van der Waals surface area (Å²) < 4.78 is 35.0. The van der Waals surface area contributed by atoms with E-state index in [0.717, 1.165) is 12.8 Å². The molecule has 0 aliphatic carbocycles. The third-order valence-corrected chi connectivity index (χ3v) is 9.65. The number of halogens is 1. The summed E-state index contributed by atoms with van der Waals surface area (Å²) in [7, 11) is -4.37. The van der Waals surface area contributed by atoms with E-state index in [1.807, 2.05) is 13.8 Å². The Labute approximate surface area is 247 Å². The van der Waals surface area contributed by atoms with Gasteiger partial charge in [0, 0.05) is 6.54 Å². The highest BCUT2D eigenvalue weighted by atomic mass is 35.5. The first kappa shape index (κ1) is 31.9. The zero-order valence-corrected chi connectivity index (χ0v) is 25.4. The van der Waals surface area contributed by atoms with E-state index in [1.54, 1.807) is 30.3 Å². The first-order valence-electron chi connectivity index (χ1n) is 13.5. The van der Waals surface area contributed by atoms with Gasteiger partial charge in [-0.3, -0.25) is 23.7 Å². The van der Waals surface area contributed by atoms with Crippen molar-refractivity contribution in [3.8, 4) is 5.75 Å². The van der Waals surface area contributed by atoms with Crippen LogP contribution in [0.2, 0.25) is 0 Å². The maximum absolute atomic E-state index is 14.5. The van der Waals surface area contributed by atoms with E-state index in [0.29, 0.717) is 0 Å². The monoisotopic (exact) mass is 626 g/mol. The summed E-state index contributed by atoms with van der Waals surface area (Å²) in [6, 6.07) is 7.03. The molecule has 3 aromatic rings. The lowest BCUT2D eigenvalue weighted by atomic mass is 10.0. The maximum Gasteiger partial charge on any atom is 0.462 e. The molecular weight excluding hydrogens is 591 g/mol. The lowest BCUT2D eigenvalue weighted by Crippen LogP contribution is -2.42. The van der Waals surface area contributed by atoms with Gasteiger partial charge in [0.15, 0.2) is 17.4 Å². The van der Waals surface area contributed by atoms with E-state index in [-0.39, 0.29) is 35.3 Å². The molecule has 1 aliphatic heterocycles. The standard InChI is InChI=1S/C26H36ClN6O8P/c1-5-9-15(2)12-33(16(3)23(36)37)42(38,41-17-10-7-6-8-11-17)39-13-18-20(34)26(4,27)24(40-18)32-14-29-19-21(32)30-25(28)31-22(19)35/h6-8,10-11,14-16,18,20,24,34H,5,9,12-13H2,1-4H3,(H,36,37)(H3,28,30,31,35)/t15?,16-,18-,20-,24-,26-,42-/m1/s1. The smallest absolute Gasteiger partial charge is 0.462 e. The summed E-state index contributed by atoms with van der Waals surface area (Å²) in [5, 5.41) is 21.1. The average molecular weight is 627 g/mol. The molecule has 1 fully saturated rings. The van der Waals surface area contributed by atoms with Crippen molar-refractivity contribution in [3.63, 3.8) is 0 Å². The molecule has 0 spiro atoms. The van der Waals surface area contributed by atoms with Crippen molar-refractivity contribution in [3.05, 3.63) is 47.0 Å². The Hall–Kier alpha value is -3.00. The summed E-state index contributed by atoms with van der Waals surface area (Å²) in [5.74, 6) is -1.18. The normalized spacial score (nSPS) is 25.4. The van der Waals surface area contributed by atoms with Crippen LogP contribution in [0.5, 0.6) is 5.75 Å². The Morgan fingerprint density at radius 2 is 2.05 bits per heavy atom. The third-order valence-electron chi connectivity index (χ3n) is 7.19. The number of nitrogens with two attached hydrogens (primary N) is 1. The van der Waals surface area contributed by atoms with E-state index in [9.17, 15) is 24.4 Å². The number of aromatic nitrogens is 4. The zero-order chi connectivity index (χ0) is 30.8. The maximum atomic E-state index is 14.5. The Kier molecular flexibility index (Phi) is 9.65. The van der Waals surface area contributed by atoms with Crippen LogP contribution < -0.4 is 15.8 Å². The van der Waals surface area contributed by atoms with Crippen LogP contribution in [0.1, 0.15) is 46.8 Å². The van der Waals surface area contributed by atoms with E-state index in [2.05, 4.69) is 15.0 Å². The highest BCUT2D eigenvalue weighted by Crippen LogP contribution is 2.55. The number of nitrogens with one attached hydrogen (secondary N) is 1. The summed E-state index contributed by atoms with van der Waals surface area (Å²) in [6.45, 7) is 6.49. The lowest BCUT2D eigenvalue weighted by molar-refractivity contribution is -0.141. The van der Waals surface area contributed by atoms with Crippen LogP contribution in [-0.4, -0.2) is 76.6 Å². The quantitative estimate of drug-likeness (QED) is 0.160. The van der Waals surface area contributed by atoms with Gasteiger partial charge in [-0.25, -0.2) is 9.55 Å². The highest BCUT2D eigenvalue weighted by molar-refractivity contribution is 7.51. The number of rotatable bonds is 13. The molecule has 16 heteroatoms. The number of aliphatic hydroxyl groups excluding tert-OH is 1. The van der Waals surface area contributed by atoms with Gasteiger partial charge in [-0.1, -0.05) is 38.5 Å². The Bertz CT molecular complexity index is 1500. The number of aliphatic hydroxyl groups is 1. The molecule has 0 amide bonds. The van der Waals surface area contributed by atoms with Gasteiger partial charge in [-0.2, -0.15) is 9.65 Å². The molecular formula is C26H36ClN6O8P. The van der Waals surface area contributed by atoms with Crippen molar-refractivity contribution in [2.24, 2.45) is 5.92 Å². The minimum atomic E-state index is -4.37. The number of alkyl halides is 1. The molecule has 230 valence electrons. The Morgan fingerprint density at radius 1 is 1.36 bits per heavy atom. The predicted molar refractivity (Wildman–Crippen MR) is 155 cm³/mol. The van der Waals surface area contributed by atoms with Gasteiger partial charge in [-0.05, 0) is 38.3 Å². The fourth-order valence-corrected chi connectivity index (χ4v) is 7.23. The van der Waals surface area contributed by atoms with Crippen molar-refractivity contribution in [1.82, 2.24) is 24.2 Å². The SMILES string of the molecule is CCCC(C)CN([C@H](C)C(=O)O)[P@@](=O)(OC[C@H]1O[C@@H](n2cnc3c(=O)[nH]c(N)nc32)[C@](C)(Cl)[C@@H]1O)Oc1ccccc1. The van der Waals surface area contributed by atoms with E-state index >= 15 is 0 Å². The molecule has 14 nitrogen and oxygen atoms in total. The molecule has 2 aromatic heterocycles. The van der Waals surface area contributed by atoms with Gasteiger partial charge in [0.2, 0.25) is 5.95 Å². The first-order chi connectivity index (χ1) is 19.8. The molecule has 3 heterocycles. The second-order valence-corrected chi connectivity index (χ2v) is 13.3. The molecule has 1 saturated heterocycles. The highest BCUT2D eigenvalue weighted by Gasteiger charge is 2.54. The van der Waals surface area contributed by atoms with Gasteiger partial charge in [-0.15, -0.1) is 11.6 Å². The van der Waals surface area contributed by atoms with Crippen molar-refractivity contribution in [1.29, 1.82) is 0 Å². The molecule has 7 atom stereocenters. The molecule has 0 saturated carbocycles. The van der Waals surface area contributed by atoms with Gasteiger partial charge >= 0.3 is 13.7 Å². The number of carboxylic acids is 1. The number of anilines is 1. The second-order valence-electron chi connectivity index (χ2n) is 10.6. The van der Waals surface area contributed by atoms with Gasteiger partial charge < -0.3 is 25.2 Å². The number of carboxylic acid groups (broad SMARTS) is 1. The number of benzene rings is 1. The number of imidazole rings is 1. The number of hydrogen-bond donors (Lipinski definition) is 4. The number of para-hydroxylation sites is 1. The molecule has 5 N–H and O–H groups in total. The van der Waals surface area contributed by atoms with E-state index < -0.39 is 55.2 Å². The number of carbonyl (C=O) groups is 1. The number of aromatic amines is 1. The molecule has 1 aliphatic rings. The zero-order valence-electron chi connectivity index (χ0n) is 23.7. The van der Waals surface area contributed by atoms with Crippen LogP contribution in [0, 0.1) is 5.92 Å².